The quantitative estimate of drug-likeness (QED) is 0.116. The molecule has 2 aliphatic heterocycles. The van der Waals surface area contributed by atoms with Gasteiger partial charge in [-0.15, -0.1) is 0 Å². The molecule has 6 aromatic carbocycles. The van der Waals surface area contributed by atoms with Crippen LogP contribution in [0.1, 0.15) is 65.9 Å². The lowest BCUT2D eigenvalue weighted by molar-refractivity contribution is 0.104. The van der Waals surface area contributed by atoms with E-state index < -0.39 is 0 Å². The Bertz CT molecular complexity index is 2160. The SMILES string of the molecule is CC1(C)c2ccccc2N(c2ccc(C(=O)/C=C(\O)c3ccc(N4c5ccccc5C(C)(C)c5ccccc54)cc3)cc2)c2ccccc21. The molecule has 240 valence electrons. The fourth-order valence-corrected chi connectivity index (χ4v) is 7.74. The summed E-state index contributed by atoms with van der Waals surface area (Å²) in [5.74, 6) is -0.322. The zero-order valence-electron chi connectivity index (χ0n) is 28.2. The van der Waals surface area contributed by atoms with E-state index in [0.717, 1.165) is 34.1 Å². The fraction of sp³-hybridized carbons (Fsp3) is 0.133. The number of allylic oxidation sites excluding steroid dienone is 1. The third kappa shape index (κ3) is 4.86. The molecule has 2 aliphatic rings. The van der Waals surface area contributed by atoms with E-state index in [-0.39, 0.29) is 22.4 Å². The highest BCUT2D eigenvalue weighted by Gasteiger charge is 2.37. The first-order valence-electron chi connectivity index (χ1n) is 16.8. The van der Waals surface area contributed by atoms with E-state index in [1.807, 2.05) is 48.5 Å². The van der Waals surface area contributed by atoms with Gasteiger partial charge in [0.15, 0.2) is 5.78 Å². The first-order chi connectivity index (χ1) is 23.7. The minimum atomic E-state index is -0.255. The highest BCUT2D eigenvalue weighted by atomic mass is 16.3. The molecule has 0 aromatic heterocycles. The van der Waals surface area contributed by atoms with Crippen molar-refractivity contribution in [1.82, 2.24) is 0 Å². The summed E-state index contributed by atoms with van der Waals surface area (Å²) < 4.78 is 0. The van der Waals surface area contributed by atoms with Crippen LogP contribution in [0.3, 0.4) is 0 Å². The van der Waals surface area contributed by atoms with Crippen molar-refractivity contribution in [3.63, 3.8) is 0 Å². The van der Waals surface area contributed by atoms with Crippen molar-refractivity contribution in [2.45, 2.75) is 38.5 Å². The summed E-state index contributed by atoms with van der Waals surface area (Å²) in [6.45, 7) is 9.07. The van der Waals surface area contributed by atoms with Crippen LogP contribution in [-0.2, 0) is 10.8 Å². The summed E-state index contributed by atoms with van der Waals surface area (Å²) in [7, 11) is 0. The van der Waals surface area contributed by atoms with Crippen LogP contribution in [0.2, 0.25) is 0 Å². The summed E-state index contributed by atoms with van der Waals surface area (Å²) in [6, 6.07) is 49.4. The van der Waals surface area contributed by atoms with Gasteiger partial charge in [0.1, 0.15) is 5.76 Å². The second-order valence-corrected chi connectivity index (χ2v) is 14.0. The van der Waals surface area contributed by atoms with Crippen LogP contribution in [0.4, 0.5) is 34.1 Å². The molecule has 0 bridgehead atoms. The van der Waals surface area contributed by atoms with E-state index >= 15 is 0 Å². The number of anilines is 6. The summed E-state index contributed by atoms with van der Waals surface area (Å²) >= 11 is 0. The number of carbonyl (C=O) groups is 1. The van der Waals surface area contributed by atoms with Crippen molar-refractivity contribution < 1.29 is 9.90 Å². The molecule has 0 saturated heterocycles. The Morgan fingerprint density at radius 2 is 0.776 bits per heavy atom. The topological polar surface area (TPSA) is 43.8 Å². The normalized spacial score (nSPS) is 15.5. The molecule has 0 spiro atoms. The number of aliphatic hydroxyl groups is 1. The monoisotopic (exact) mass is 638 g/mol. The number of fused-ring (bicyclic) bond motifs is 4. The molecular weight excluding hydrogens is 601 g/mol. The Labute approximate surface area is 288 Å². The predicted molar refractivity (Wildman–Crippen MR) is 201 cm³/mol. The zero-order chi connectivity index (χ0) is 33.9. The van der Waals surface area contributed by atoms with Gasteiger partial charge in [0, 0.05) is 39.4 Å². The fourth-order valence-electron chi connectivity index (χ4n) is 7.74. The lowest BCUT2D eigenvalue weighted by Crippen LogP contribution is -2.30. The number of rotatable bonds is 5. The predicted octanol–water partition coefficient (Wildman–Crippen LogP) is 11.7. The molecule has 0 fully saturated rings. The number of para-hydroxylation sites is 4. The minimum Gasteiger partial charge on any atom is -0.507 e. The van der Waals surface area contributed by atoms with Gasteiger partial charge in [0.05, 0.1) is 22.7 Å². The van der Waals surface area contributed by atoms with Crippen molar-refractivity contribution in [2.24, 2.45) is 0 Å². The van der Waals surface area contributed by atoms with Gasteiger partial charge in [-0.2, -0.15) is 0 Å². The number of nitrogens with zero attached hydrogens (tertiary/aromatic N) is 2. The van der Waals surface area contributed by atoms with Gasteiger partial charge in [-0.1, -0.05) is 100 Å². The van der Waals surface area contributed by atoms with Crippen LogP contribution in [0.25, 0.3) is 5.76 Å². The maximum Gasteiger partial charge on any atom is 0.189 e. The number of hydrogen-bond acceptors (Lipinski definition) is 4. The smallest absolute Gasteiger partial charge is 0.189 e. The van der Waals surface area contributed by atoms with Gasteiger partial charge >= 0.3 is 0 Å². The van der Waals surface area contributed by atoms with Gasteiger partial charge in [-0.05, 0) is 95.1 Å². The highest BCUT2D eigenvalue weighted by molar-refractivity contribution is 6.08. The lowest BCUT2D eigenvalue weighted by atomic mass is 9.73. The Kier molecular flexibility index (Phi) is 7.08. The maximum atomic E-state index is 13.4. The zero-order valence-corrected chi connectivity index (χ0v) is 28.2. The van der Waals surface area contributed by atoms with E-state index in [9.17, 15) is 9.90 Å². The third-order valence-corrected chi connectivity index (χ3v) is 10.4. The summed E-state index contributed by atoms with van der Waals surface area (Å²) in [5.41, 5.74) is 12.3. The second-order valence-electron chi connectivity index (χ2n) is 14.0. The first-order valence-corrected chi connectivity index (χ1v) is 16.8. The Balaban J connectivity index is 1.07. The Morgan fingerprint density at radius 1 is 0.469 bits per heavy atom. The number of hydrogen-bond donors (Lipinski definition) is 1. The average Bonchev–Trinajstić information content (AvgIpc) is 3.12. The summed E-state index contributed by atoms with van der Waals surface area (Å²) in [4.78, 5) is 17.9. The molecule has 49 heavy (non-hydrogen) atoms. The van der Waals surface area contributed by atoms with E-state index in [1.54, 1.807) is 0 Å². The lowest BCUT2D eigenvalue weighted by Gasteiger charge is -2.42. The third-order valence-electron chi connectivity index (χ3n) is 10.4. The van der Waals surface area contributed by atoms with Crippen molar-refractivity contribution in [3.8, 4) is 0 Å². The van der Waals surface area contributed by atoms with Gasteiger partial charge in [0.25, 0.3) is 0 Å². The molecule has 4 nitrogen and oxygen atoms in total. The Hall–Kier alpha value is -5.87. The van der Waals surface area contributed by atoms with E-state index in [1.165, 1.54) is 28.3 Å². The minimum absolute atomic E-state index is 0.0673. The van der Waals surface area contributed by atoms with Crippen LogP contribution in [0.5, 0.6) is 0 Å². The first kappa shape index (κ1) is 30.5. The van der Waals surface area contributed by atoms with Crippen molar-refractivity contribution in [2.75, 3.05) is 9.80 Å². The molecule has 0 unspecified atom stereocenters. The van der Waals surface area contributed by atoms with Crippen LogP contribution in [0, 0.1) is 0 Å². The number of ketones is 1. The van der Waals surface area contributed by atoms with Gasteiger partial charge in [-0.3, -0.25) is 4.79 Å². The van der Waals surface area contributed by atoms with Crippen LogP contribution in [-0.4, -0.2) is 10.9 Å². The molecule has 8 rings (SSSR count). The molecule has 0 aliphatic carbocycles. The maximum absolute atomic E-state index is 13.4. The summed E-state index contributed by atoms with van der Waals surface area (Å²) in [6.07, 6.45) is 1.31. The Morgan fingerprint density at radius 3 is 1.12 bits per heavy atom. The molecule has 4 heteroatoms. The van der Waals surface area contributed by atoms with Gasteiger partial charge < -0.3 is 14.9 Å². The molecule has 0 radical (unpaired) electrons. The average molecular weight is 639 g/mol. The van der Waals surface area contributed by atoms with Crippen molar-refractivity contribution in [3.05, 3.63) is 185 Å². The number of carbonyl (C=O) groups excluding carboxylic acids is 1. The highest BCUT2D eigenvalue weighted by Crippen LogP contribution is 2.53. The molecule has 0 saturated carbocycles. The molecule has 0 atom stereocenters. The molecule has 0 amide bonds. The van der Waals surface area contributed by atoms with Crippen molar-refractivity contribution >= 4 is 45.7 Å². The number of aliphatic hydroxyl groups excluding tert-OH is 1. The summed E-state index contributed by atoms with van der Waals surface area (Å²) in [5, 5.41) is 11.1. The largest absolute Gasteiger partial charge is 0.507 e. The van der Waals surface area contributed by atoms with E-state index in [0.29, 0.717) is 11.1 Å². The van der Waals surface area contributed by atoms with Crippen molar-refractivity contribution in [1.29, 1.82) is 0 Å². The molecule has 2 heterocycles. The molecule has 1 N–H and O–H groups in total. The van der Waals surface area contributed by atoms with E-state index in [4.69, 9.17) is 0 Å². The number of benzene rings is 6. The van der Waals surface area contributed by atoms with Gasteiger partial charge in [-0.25, -0.2) is 0 Å². The standard InChI is InChI=1S/C45H38N2O2/c1-44(2)34-13-5-9-17-38(34)46(39-18-10-6-14-35(39)44)32-25-21-30(22-26-32)42(48)29-43(49)31-23-27-33(28-24-31)47-40-19-11-7-15-36(40)45(3,4)37-16-8-12-20-41(37)47/h5-29,48H,1-4H3/b42-29-. The van der Waals surface area contributed by atoms with Crippen LogP contribution < -0.4 is 9.80 Å². The van der Waals surface area contributed by atoms with Gasteiger partial charge in [0.2, 0.25) is 0 Å². The van der Waals surface area contributed by atoms with Crippen LogP contribution in [0.15, 0.2) is 152 Å². The van der Waals surface area contributed by atoms with Crippen LogP contribution >= 0.6 is 0 Å². The van der Waals surface area contributed by atoms with E-state index in [2.05, 4.69) is 135 Å². The molecular formula is C45H38N2O2. The molecule has 6 aromatic rings. The second kappa shape index (κ2) is 11.4.